The predicted octanol–water partition coefficient (Wildman–Crippen LogP) is 1.09. The topological polar surface area (TPSA) is 82.5 Å². The molecule has 5 nitrogen and oxygen atoms in total. The molecule has 0 aliphatic carbocycles. The Bertz CT molecular complexity index is 600. The summed E-state index contributed by atoms with van der Waals surface area (Å²) in [5, 5.41) is 5.36. The second kappa shape index (κ2) is 3.25. The Kier molecular flexibility index (Phi) is 2.17. The molecule has 80 valence electrons. The molecular weight excluding hydrogens is 218 g/mol. The van der Waals surface area contributed by atoms with E-state index in [0.717, 1.165) is 0 Å². The molecule has 2 N–H and O–H groups in total. The number of primary sulfonamides is 1. The maximum atomic E-state index is 11.0. The molecule has 2 rings (SSSR count). The van der Waals surface area contributed by atoms with Gasteiger partial charge in [-0.25, -0.2) is 13.6 Å². The fourth-order valence-electron chi connectivity index (χ4n) is 1.25. The summed E-state index contributed by atoms with van der Waals surface area (Å²) in [4.78, 5) is 0. The number of sulfonamides is 1. The van der Waals surface area contributed by atoms with Crippen molar-refractivity contribution in [2.24, 2.45) is 5.14 Å². The van der Waals surface area contributed by atoms with Crippen LogP contribution in [-0.4, -0.2) is 15.5 Å². The lowest BCUT2D eigenvalue weighted by Gasteiger charge is -1.96. The quantitative estimate of drug-likeness (QED) is 0.832. The van der Waals surface area contributed by atoms with Gasteiger partial charge < -0.3 is 9.15 Å². The standard InChI is InChI=1S/C9H9NO4S/c1-13-7-3-2-6-4-9(15(10,11)12)14-8(6)5-7/h2-5H,1H3,(H2,10,11,12). The number of fused-ring (bicyclic) bond motifs is 1. The van der Waals surface area contributed by atoms with Gasteiger partial charge in [0.05, 0.1) is 7.11 Å². The lowest BCUT2D eigenvalue weighted by Crippen LogP contribution is -2.10. The van der Waals surface area contributed by atoms with E-state index in [0.29, 0.717) is 16.7 Å². The van der Waals surface area contributed by atoms with Gasteiger partial charge in [-0.1, -0.05) is 0 Å². The van der Waals surface area contributed by atoms with Crippen LogP contribution in [-0.2, 0) is 10.0 Å². The average molecular weight is 227 g/mol. The molecule has 6 heteroatoms. The fourth-order valence-corrected chi connectivity index (χ4v) is 1.75. The molecule has 2 aromatic rings. The van der Waals surface area contributed by atoms with Crippen LogP contribution in [0, 0.1) is 0 Å². The summed E-state index contributed by atoms with van der Waals surface area (Å²) in [5.41, 5.74) is 0.429. The summed E-state index contributed by atoms with van der Waals surface area (Å²) in [6.45, 7) is 0. The van der Waals surface area contributed by atoms with Crippen molar-refractivity contribution in [3.63, 3.8) is 0 Å². The number of furan rings is 1. The van der Waals surface area contributed by atoms with Crippen LogP contribution in [0.5, 0.6) is 5.75 Å². The van der Waals surface area contributed by atoms with E-state index in [1.54, 1.807) is 18.2 Å². The average Bonchev–Trinajstić information content (AvgIpc) is 2.59. The molecule has 1 aromatic heterocycles. The van der Waals surface area contributed by atoms with Crippen LogP contribution < -0.4 is 9.88 Å². The summed E-state index contributed by atoms with van der Waals surface area (Å²) in [7, 11) is -2.27. The first-order chi connectivity index (χ1) is 7.00. The van der Waals surface area contributed by atoms with E-state index < -0.39 is 10.0 Å². The second-order valence-corrected chi connectivity index (χ2v) is 4.51. The van der Waals surface area contributed by atoms with E-state index >= 15 is 0 Å². The molecule has 0 amide bonds. The smallest absolute Gasteiger partial charge is 0.271 e. The van der Waals surface area contributed by atoms with Crippen LogP contribution >= 0.6 is 0 Å². The fraction of sp³-hybridized carbons (Fsp3) is 0.111. The summed E-state index contributed by atoms with van der Waals surface area (Å²) < 4.78 is 32.1. The van der Waals surface area contributed by atoms with Crippen molar-refractivity contribution in [3.8, 4) is 5.75 Å². The van der Waals surface area contributed by atoms with Gasteiger partial charge in [0.1, 0.15) is 11.3 Å². The summed E-state index contributed by atoms with van der Waals surface area (Å²) in [6, 6.07) is 6.39. The van der Waals surface area contributed by atoms with Gasteiger partial charge in [-0.3, -0.25) is 0 Å². The number of ether oxygens (including phenoxy) is 1. The van der Waals surface area contributed by atoms with Gasteiger partial charge in [0.25, 0.3) is 10.0 Å². The minimum Gasteiger partial charge on any atom is -0.497 e. The minimum atomic E-state index is -3.79. The largest absolute Gasteiger partial charge is 0.497 e. The van der Waals surface area contributed by atoms with E-state index in [1.165, 1.54) is 13.2 Å². The molecule has 0 saturated carbocycles. The summed E-state index contributed by atoms with van der Waals surface area (Å²) in [6.07, 6.45) is 0. The first-order valence-electron chi connectivity index (χ1n) is 4.11. The Balaban J connectivity index is 2.66. The van der Waals surface area contributed by atoms with Gasteiger partial charge >= 0.3 is 0 Å². The normalized spacial score (nSPS) is 11.9. The van der Waals surface area contributed by atoms with Crippen LogP contribution in [0.1, 0.15) is 0 Å². The van der Waals surface area contributed by atoms with Crippen molar-refractivity contribution in [1.82, 2.24) is 0 Å². The van der Waals surface area contributed by atoms with Crippen LogP contribution in [0.4, 0.5) is 0 Å². The van der Waals surface area contributed by atoms with Gasteiger partial charge in [-0.2, -0.15) is 0 Å². The highest BCUT2D eigenvalue weighted by Crippen LogP contribution is 2.25. The maximum Gasteiger partial charge on any atom is 0.271 e. The van der Waals surface area contributed by atoms with Crippen molar-refractivity contribution < 1.29 is 17.6 Å². The van der Waals surface area contributed by atoms with Crippen LogP contribution in [0.25, 0.3) is 11.0 Å². The van der Waals surface area contributed by atoms with Gasteiger partial charge in [0.15, 0.2) is 0 Å². The van der Waals surface area contributed by atoms with Crippen molar-refractivity contribution in [1.29, 1.82) is 0 Å². The summed E-state index contributed by atoms with van der Waals surface area (Å²) in [5.74, 6) is 0.595. The van der Waals surface area contributed by atoms with Gasteiger partial charge in [0.2, 0.25) is 5.09 Å². The van der Waals surface area contributed by atoms with Gasteiger partial charge in [-0.15, -0.1) is 0 Å². The monoisotopic (exact) mass is 227 g/mol. The number of hydrogen-bond acceptors (Lipinski definition) is 4. The number of nitrogens with two attached hydrogens (primary N) is 1. The van der Waals surface area contributed by atoms with Gasteiger partial charge in [-0.05, 0) is 12.1 Å². The highest BCUT2D eigenvalue weighted by atomic mass is 32.2. The Hall–Kier alpha value is -1.53. The molecule has 1 heterocycles. The zero-order valence-electron chi connectivity index (χ0n) is 7.93. The van der Waals surface area contributed by atoms with Crippen LogP contribution in [0.2, 0.25) is 0 Å². The number of methoxy groups -OCH3 is 1. The van der Waals surface area contributed by atoms with Crippen molar-refractivity contribution in [2.45, 2.75) is 5.09 Å². The van der Waals surface area contributed by atoms with E-state index in [4.69, 9.17) is 14.3 Å². The van der Waals surface area contributed by atoms with Crippen molar-refractivity contribution in [2.75, 3.05) is 7.11 Å². The molecule has 0 atom stereocenters. The number of hydrogen-bond donors (Lipinski definition) is 1. The predicted molar refractivity (Wildman–Crippen MR) is 54.1 cm³/mol. The highest BCUT2D eigenvalue weighted by Gasteiger charge is 2.14. The zero-order chi connectivity index (χ0) is 11.1. The lowest BCUT2D eigenvalue weighted by molar-refractivity contribution is 0.413. The third-order valence-electron chi connectivity index (χ3n) is 1.99. The van der Waals surface area contributed by atoms with Gasteiger partial charge in [0, 0.05) is 17.5 Å². The van der Waals surface area contributed by atoms with E-state index in [-0.39, 0.29) is 5.09 Å². The summed E-state index contributed by atoms with van der Waals surface area (Å²) >= 11 is 0. The minimum absolute atomic E-state index is 0.245. The third kappa shape index (κ3) is 1.81. The molecule has 0 aliphatic heterocycles. The lowest BCUT2D eigenvalue weighted by atomic mass is 10.2. The van der Waals surface area contributed by atoms with E-state index in [1.807, 2.05) is 0 Å². The number of rotatable bonds is 2. The molecule has 0 unspecified atom stereocenters. The van der Waals surface area contributed by atoms with Crippen LogP contribution in [0.15, 0.2) is 33.8 Å². The maximum absolute atomic E-state index is 11.0. The first-order valence-corrected chi connectivity index (χ1v) is 5.66. The highest BCUT2D eigenvalue weighted by molar-refractivity contribution is 7.89. The first kappa shape index (κ1) is 10.0. The molecule has 0 aliphatic rings. The molecule has 0 fully saturated rings. The third-order valence-corrected chi connectivity index (χ3v) is 2.75. The second-order valence-electron chi connectivity index (χ2n) is 3.01. The molecule has 0 saturated heterocycles. The molecule has 0 radical (unpaired) electrons. The molecule has 15 heavy (non-hydrogen) atoms. The van der Waals surface area contributed by atoms with E-state index in [9.17, 15) is 8.42 Å². The zero-order valence-corrected chi connectivity index (χ0v) is 8.74. The Morgan fingerprint density at radius 2 is 2.07 bits per heavy atom. The Labute approximate surface area is 86.5 Å². The molecule has 0 bridgehead atoms. The Morgan fingerprint density at radius 3 is 2.67 bits per heavy atom. The molecule has 0 spiro atoms. The van der Waals surface area contributed by atoms with E-state index in [2.05, 4.69) is 0 Å². The van der Waals surface area contributed by atoms with Crippen molar-refractivity contribution >= 4 is 21.0 Å². The van der Waals surface area contributed by atoms with Crippen LogP contribution in [0.3, 0.4) is 0 Å². The van der Waals surface area contributed by atoms with Crippen molar-refractivity contribution in [3.05, 3.63) is 24.3 Å². The molecular formula is C9H9NO4S. The Morgan fingerprint density at radius 1 is 1.33 bits per heavy atom. The molecule has 1 aromatic carbocycles. The SMILES string of the molecule is COc1ccc2cc(S(N)(=O)=O)oc2c1. The number of benzene rings is 1.